The van der Waals surface area contributed by atoms with Crippen LogP contribution in [-0.4, -0.2) is 10.1 Å². The SMILES string of the molecule is C=Cc1ccc(-c2ncon2)c(Cl)c1. The molecule has 4 heteroatoms. The number of nitrogens with zero attached hydrogens (tertiary/aromatic N) is 2. The van der Waals surface area contributed by atoms with E-state index in [-0.39, 0.29) is 0 Å². The maximum absolute atomic E-state index is 6.03. The van der Waals surface area contributed by atoms with Gasteiger partial charge in [-0.2, -0.15) is 4.98 Å². The molecule has 3 nitrogen and oxygen atoms in total. The average molecular weight is 207 g/mol. The van der Waals surface area contributed by atoms with Crippen LogP contribution in [0.25, 0.3) is 17.5 Å². The molecular formula is C10H7ClN2O. The van der Waals surface area contributed by atoms with Crippen LogP contribution >= 0.6 is 11.6 Å². The highest BCUT2D eigenvalue weighted by Gasteiger charge is 2.07. The lowest BCUT2D eigenvalue weighted by molar-refractivity contribution is 0.419. The van der Waals surface area contributed by atoms with Gasteiger partial charge in [-0.25, -0.2) is 0 Å². The second-order valence-electron chi connectivity index (χ2n) is 2.70. The molecular weight excluding hydrogens is 200 g/mol. The van der Waals surface area contributed by atoms with E-state index >= 15 is 0 Å². The van der Waals surface area contributed by atoms with Crippen molar-refractivity contribution in [1.82, 2.24) is 10.1 Å². The van der Waals surface area contributed by atoms with E-state index in [1.54, 1.807) is 12.1 Å². The predicted molar refractivity (Wildman–Crippen MR) is 54.8 cm³/mol. The number of hydrogen-bond donors (Lipinski definition) is 0. The van der Waals surface area contributed by atoms with Gasteiger partial charge in [0.2, 0.25) is 12.2 Å². The van der Waals surface area contributed by atoms with Crippen molar-refractivity contribution in [2.45, 2.75) is 0 Å². The highest BCUT2D eigenvalue weighted by Crippen LogP contribution is 2.26. The van der Waals surface area contributed by atoms with Crippen LogP contribution < -0.4 is 0 Å². The third-order valence-corrected chi connectivity index (χ3v) is 2.14. The standard InChI is InChI=1S/C10H7ClN2O/c1-2-7-3-4-8(9(11)5-7)10-12-6-14-13-10/h2-6H,1H2. The zero-order valence-electron chi connectivity index (χ0n) is 7.27. The molecule has 0 saturated carbocycles. The molecule has 0 fully saturated rings. The van der Waals surface area contributed by atoms with Gasteiger partial charge in [-0.05, 0) is 17.7 Å². The van der Waals surface area contributed by atoms with E-state index in [9.17, 15) is 0 Å². The van der Waals surface area contributed by atoms with Crippen molar-refractivity contribution in [2.24, 2.45) is 0 Å². The fourth-order valence-electron chi connectivity index (χ4n) is 1.13. The van der Waals surface area contributed by atoms with E-state index in [1.165, 1.54) is 6.39 Å². The van der Waals surface area contributed by atoms with Crippen LogP contribution in [0.3, 0.4) is 0 Å². The highest BCUT2D eigenvalue weighted by atomic mass is 35.5. The molecule has 1 aromatic heterocycles. The Morgan fingerprint density at radius 3 is 2.86 bits per heavy atom. The molecule has 70 valence electrons. The molecule has 1 heterocycles. The molecule has 0 radical (unpaired) electrons. The van der Waals surface area contributed by atoms with E-state index in [4.69, 9.17) is 11.6 Å². The Hall–Kier alpha value is -1.61. The van der Waals surface area contributed by atoms with Crippen LogP contribution in [0.4, 0.5) is 0 Å². The fourth-order valence-corrected chi connectivity index (χ4v) is 1.40. The van der Waals surface area contributed by atoms with Crippen LogP contribution in [0.15, 0.2) is 35.7 Å². The smallest absolute Gasteiger partial charge is 0.214 e. The van der Waals surface area contributed by atoms with Gasteiger partial charge in [0.25, 0.3) is 0 Å². The minimum Gasteiger partial charge on any atom is -0.342 e. The Balaban J connectivity index is 2.51. The summed E-state index contributed by atoms with van der Waals surface area (Å²) in [6.45, 7) is 3.66. The van der Waals surface area contributed by atoms with Gasteiger partial charge in [0.05, 0.1) is 5.02 Å². The molecule has 0 N–H and O–H groups in total. The molecule has 0 aliphatic carbocycles. The normalized spacial score (nSPS) is 10.1. The average Bonchev–Trinajstić information content (AvgIpc) is 2.70. The largest absolute Gasteiger partial charge is 0.342 e. The zero-order chi connectivity index (χ0) is 9.97. The van der Waals surface area contributed by atoms with E-state index in [2.05, 4.69) is 21.2 Å². The van der Waals surface area contributed by atoms with E-state index in [0.717, 1.165) is 11.1 Å². The van der Waals surface area contributed by atoms with Crippen LogP contribution in [0.2, 0.25) is 5.02 Å². The number of hydrogen-bond acceptors (Lipinski definition) is 3. The summed E-state index contributed by atoms with van der Waals surface area (Å²) in [6, 6.07) is 5.54. The molecule has 1 aromatic carbocycles. The number of aromatic nitrogens is 2. The van der Waals surface area contributed by atoms with Gasteiger partial charge in [0.1, 0.15) is 0 Å². The quantitative estimate of drug-likeness (QED) is 0.758. The first-order valence-electron chi connectivity index (χ1n) is 4.00. The van der Waals surface area contributed by atoms with Gasteiger partial charge < -0.3 is 4.52 Å². The summed E-state index contributed by atoms with van der Waals surface area (Å²) in [5.41, 5.74) is 1.72. The Bertz CT molecular complexity index is 451. The first-order valence-corrected chi connectivity index (χ1v) is 4.38. The van der Waals surface area contributed by atoms with Gasteiger partial charge in [-0.3, -0.25) is 0 Å². The van der Waals surface area contributed by atoms with Gasteiger partial charge in [-0.15, -0.1) is 0 Å². The molecule has 2 rings (SSSR count). The lowest BCUT2D eigenvalue weighted by Crippen LogP contribution is -1.82. The third kappa shape index (κ3) is 1.54. The maximum Gasteiger partial charge on any atom is 0.214 e. The van der Waals surface area contributed by atoms with E-state index in [0.29, 0.717) is 10.8 Å². The summed E-state index contributed by atoms with van der Waals surface area (Å²) in [5, 5.41) is 4.29. The first kappa shape index (κ1) is 8.97. The molecule has 0 bridgehead atoms. The fraction of sp³-hybridized carbons (Fsp3) is 0. The highest BCUT2D eigenvalue weighted by molar-refractivity contribution is 6.33. The van der Waals surface area contributed by atoms with Gasteiger partial charge in [-0.1, -0.05) is 35.5 Å². The molecule has 0 saturated heterocycles. The number of halogens is 1. The second-order valence-corrected chi connectivity index (χ2v) is 3.11. The zero-order valence-corrected chi connectivity index (χ0v) is 8.03. The van der Waals surface area contributed by atoms with Crippen molar-refractivity contribution in [3.05, 3.63) is 41.8 Å². The Labute approximate surface area is 86.0 Å². The van der Waals surface area contributed by atoms with Crippen LogP contribution in [0, 0.1) is 0 Å². The summed E-state index contributed by atoms with van der Waals surface area (Å²) < 4.78 is 4.64. The summed E-state index contributed by atoms with van der Waals surface area (Å²) in [7, 11) is 0. The lowest BCUT2D eigenvalue weighted by atomic mass is 10.1. The monoisotopic (exact) mass is 206 g/mol. The summed E-state index contributed by atoms with van der Waals surface area (Å²) >= 11 is 6.03. The molecule has 0 spiro atoms. The Morgan fingerprint density at radius 1 is 1.43 bits per heavy atom. The third-order valence-electron chi connectivity index (χ3n) is 1.83. The Kier molecular flexibility index (Phi) is 2.33. The van der Waals surface area contributed by atoms with Crippen LogP contribution in [0.1, 0.15) is 5.56 Å². The Morgan fingerprint density at radius 2 is 2.29 bits per heavy atom. The molecule has 14 heavy (non-hydrogen) atoms. The topological polar surface area (TPSA) is 38.9 Å². The predicted octanol–water partition coefficient (Wildman–Crippen LogP) is 3.03. The summed E-state index contributed by atoms with van der Waals surface area (Å²) in [4.78, 5) is 3.91. The molecule has 0 unspecified atom stereocenters. The van der Waals surface area contributed by atoms with Crippen LogP contribution in [0.5, 0.6) is 0 Å². The molecule has 0 amide bonds. The summed E-state index contributed by atoms with van der Waals surface area (Å²) in [6.07, 6.45) is 3.00. The maximum atomic E-state index is 6.03. The van der Waals surface area contributed by atoms with Crippen molar-refractivity contribution >= 4 is 17.7 Å². The van der Waals surface area contributed by atoms with E-state index in [1.807, 2.05) is 12.1 Å². The van der Waals surface area contributed by atoms with Crippen LogP contribution in [-0.2, 0) is 0 Å². The minimum atomic E-state index is 0.491. The molecule has 0 aliphatic rings. The molecule has 2 aromatic rings. The first-order chi connectivity index (χ1) is 6.81. The van der Waals surface area contributed by atoms with Gasteiger partial charge >= 0.3 is 0 Å². The second kappa shape index (κ2) is 3.64. The number of rotatable bonds is 2. The molecule has 0 atom stereocenters. The van der Waals surface area contributed by atoms with Crippen molar-refractivity contribution in [1.29, 1.82) is 0 Å². The van der Waals surface area contributed by atoms with E-state index < -0.39 is 0 Å². The van der Waals surface area contributed by atoms with Crippen molar-refractivity contribution < 1.29 is 4.52 Å². The summed E-state index contributed by atoms with van der Waals surface area (Å²) in [5.74, 6) is 0.491. The van der Waals surface area contributed by atoms with Crippen molar-refractivity contribution in [2.75, 3.05) is 0 Å². The van der Waals surface area contributed by atoms with Crippen molar-refractivity contribution in [3.8, 4) is 11.4 Å². The van der Waals surface area contributed by atoms with Gasteiger partial charge in [0, 0.05) is 5.56 Å². The van der Waals surface area contributed by atoms with Crippen molar-refractivity contribution in [3.63, 3.8) is 0 Å². The lowest BCUT2D eigenvalue weighted by Gasteiger charge is -1.99. The van der Waals surface area contributed by atoms with Gasteiger partial charge in [0.15, 0.2) is 0 Å². The minimum absolute atomic E-state index is 0.491. The number of benzene rings is 1. The molecule has 0 aliphatic heterocycles.